The number of nitrogens with zero attached hydrogens (tertiary/aromatic N) is 2. The summed E-state index contributed by atoms with van der Waals surface area (Å²) in [5.41, 5.74) is 0.809. The van der Waals surface area contributed by atoms with Crippen molar-refractivity contribution in [2.24, 2.45) is 17.8 Å². The summed E-state index contributed by atoms with van der Waals surface area (Å²) in [6.07, 6.45) is 6.75. The molecule has 9 nitrogen and oxygen atoms in total. The molecule has 34 heavy (non-hydrogen) atoms. The van der Waals surface area contributed by atoms with Gasteiger partial charge in [0.05, 0.1) is 15.4 Å². The molecule has 2 aromatic carbocycles. The first-order valence-electron chi connectivity index (χ1n) is 11.7. The first-order chi connectivity index (χ1) is 16.3. The van der Waals surface area contributed by atoms with Gasteiger partial charge in [0.1, 0.15) is 6.10 Å². The van der Waals surface area contributed by atoms with E-state index in [4.69, 9.17) is 4.74 Å². The van der Waals surface area contributed by atoms with Crippen molar-refractivity contribution < 1.29 is 19.4 Å². The highest BCUT2D eigenvalue weighted by atomic mass is 16.6. The summed E-state index contributed by atoms with van der Waals surface area (Å²) in [4.78, 5) is 33.9. The Balaban J connectivity index is 1.34. The molecule has 2 aromatic rings. The Bertz CT molecular complexity index is 1060. The molecule has 1 atom stereocenters. The summed E-state index contributed by atoms with van der Waals surface area (Å²) >= 11 is 0. The minimum atomic E-state index is -0.642. The molecule has 0 aromatic heterocycles. The molecule has 4 bridgehead atoms. The number of benzene rings is 2. The zero-order valence-electron chi connectivity index (χ0n) is 18.7. The van der Waals surface area contributed by atoms with Crippen LogP contribution in [0.25, 0.3) is 0 Å². The summed E-state index contributed by atoms with van der Waals surface area (Å²) in [6.45, 7) is 0.405. The van der Waals surface area contributed by atoms with Crippen LogP contribution < -0.4 is 5.32 Å². The third kappa shape index (κ3) is 4.52. The monoisotopic (exact) mass is 465 g/mol. The average molecular weight is 466 g/mol. The Morgan fingerprint density at radius 1 is 0.882 bits per heavy atom. The first-order valence-corrected chi connectivity index (χ1v) is 11.7. The topological polar surface area (TPSA) is 125 Å². The maximum absolute atomic E-state index is 12.9. The second kappa shape index (κ2) is 8.79. The summed E-state index contributed by atoms with van der Waals surface area (Å²) in [7, 11) is 0. The van der Waals surface area contributed by atoms with E-state index in [0.717, 1.165) is 37.0 Å². The molecule has 1 N–H and O–H groups in total. The van der Waals surface area contributed by atoms with Crippen LogP contribution in [0.15, 0.2) is 48.5 Å². The average Bonchev–Trinajstić information content (AvgIpc) is 2.81. The van der Waals surface area contributed by atoms with Crippen LogP contribution in [0.1, 0.15) is 60.6 Å². The van der Waals surface area contributed by atoms with Crippen molar-refractivity contribution in [3.05, 3.63) is 79.9 Å². The second-order valence-corrected chi connectivity index (χ2v) is 10.1. The number of nitro groups is 2. The molecule has 4 aliphatic rings. The smallest absolute Gasteiger partial charge is 0.338 e. The van der Waals surface area contributed by atoms with Gasteiger partial charge in [-0.1, -0.05) is 0 Å². The van der Waals surface area contributed by atoms with Crippen molar-refractivity contribution in [2.75, 3.05) is 6.54 Å². The molecule has 4 saturated carbocycles. The van der Waals surface area contributed by atoms with Gasteiger partial charge in [0, 0.05) is 36.3 Å². The Hall–Kier alpha value is -3.33. The lowest BCUT2D eigenvalue weighted by molar-refractivity contribution is -0.385. The van der Waals surface area contributed by atoms with Gasteiger partial charge in [-0.25, -0.2) is 4.79 Å². The van der Waals surface area contributed by atoms with Crippen molar-refractivity contribution in [3.8, 4) is 0 Å². The quantitative estimate of drug-likeness (QED) is 0.332. The number of nitro benzene ring substituents is 2. The Kier molecular flexibility index (Phi) is 5.81. The van der Waals surface area contributed by atoms with Crippen LogP contribution in [0.2, 0.25) is 0 Å². The molecule has 4 aliphatic carbocycles. The summed E-state index contributed by atoms with van der Waals surface area (Å²) < 4.78 is 5.85. The van der Waals surface area contributed by atoms with Crippen molar-refractivity contribution in [1.82, 2.24) is 5.32 Å². The lowest BCUT2D eigenvalue weighted by Gasteiger charge is -2.57. The molecule has 6 rings (SSSR count). The highest BCUT2D eigenvalue weighted by Gasteiger charge is 2.50. The largest absolute Gasteiger partial charge is 0.453 e. The minimum Gasteiger partial charge on any atom is -0.453 e. The van der Waals surface area contributed by atoms with E-state index < -0.39 is 21.9 Å². The number of non-ortho nitro benzene ring substituents is 2. The predicted octanol–water partition coefficient (Wildman–Crippen LogP) is 4.96. The standard InChI is InChI=1S/C25H27N3O6/c29-24(20-3-7-22(8-4-20)28(32)33)34-23(19-1-5-21(6-2-19)27(30)31)15-26-25-12-16-9-17(13-25)11-18(10-16)14-25/h1-8,16-18,23,26H,9-15H2. The number of carbonyl (C=O) groups excluding carboxylic acids is 1. The molecule has 1 unspecified atom stereocenters. The molecule has 4 fully saturated rings. The molecule has 178 valence electrons. The normalized spacial score (nSPS) is 27.8. The molecular weight excluding hydrogens is 438 g/mol. The van der Waals surface area contributed by atoms with Crippen LogP contribution in [0.5, 0.6) is 0 Å². The van der Waals surface area contributed by atoms with E-state index in [-0.39, 0.29) is 22.5 Å². The Morgan fingerprint density at radius 3 is 1.82 bits per heavy atom. The SMILES string of the molecule is O=C(OC(CNC12CC3CC(CC(C3)C1)C2)c1ccc([N+](=O)[O-])cc1)c1ccc([N+](=O)[O-])cc1. The molecular formula is C25H27N3O6. The van der Waals surface area contributed by atoms with Gasteiger partial charge >= 0.3 is 5.97 Å². The fourth-order valence-electron chi connectivity index (χ4n) is 6.59. The number of carbonyl (C=O) groups is 1. The van der Waals surface area contributed by atoms with E-state index in [9.17, 15) is 25.0 Å². The Morgan fingerprint density at radius 2 is 1.35 bits per heavy atom. The molecule has 0 spiro atoms. The van der Waals surface area contributed by atoms with Gasteiger partial charge in [-0.15, -0.1) is 0 Å². The van der Waals surface area contributed by atoms with Crippen LogP contribution >= 0.6 is 0 Å². The van der Waals surface area contributed by atoms with Crippen LogP contribution in [0, 0.1) is 38.0 Å². The lowest BCUT2D eigenvalue weighted by Crippen LogP contribution is -2.59. The molecule has 0 aliphatic heterocycles. The summed E-state index contributed by atoms with van der Waals surface area (Å²) in [5, 5.41) is 25.7. The van der Waals surface area contributed by atoms with Gasteiger partial charge in [0.15, 0.2) is 0 Å². The number of rotatable bonds is 8. The fraction of sp³-hybridized carbons (Fsp3) is 0.480. The van der Waals surface area contributed by atoms with Crippen LogP contribution in [-0.2, 0) is 4.74 Å². The van der Waals surface area contributed by atoms with Crippen molar-refractivity contribution in [3.63, 3.8) is 0 Å². The maximum Gasteiger partial charge on any atom is 0.338 e. The maximum atomic E-state index is 12.9. The highest BCUT2D eigenvalue weighted by molar-refractivity contribution is 5.89. The summed E-state index contributed by atoms with van der Waals surface area (Å²) in [6, 6.07) is 11.3. The van der Waals surface area contributed by atoms with E-state index in [2.05, 4.69) is 5.32 Å². The van der Waals surface area contributed by atoms with Gasteiger partial charge in [0.2, 0.25) is 0 Å². The third-order valence-electron chi connectivity index (χ3n) is 7.74. The summed E-state index contributed by atoms with van der Waals surface area (Å²) in [5.74, 6) is 1.70. The van der Waals surface area contributed by atoms with Crippen molar-refractivity contribution >= 4 is 17.3 Å². The van der Waals surface area contributed by atoms with E-state index in [1.165, 1.54) is 55.7 Å². The van der Waals surface area contributed by atoms with Gasteiger partial charge in [0.25, 0.3) is 11.4 Å². The van der Waals surface area contributed by atoms with E-state index >= 15 is 0 Å². The van der Waals surface area contributed by atoms with Crippen LogP contribution in [0.4, 0.5) is 11.4 Å². The zero-order valence-corrected chi connectivity index (χ0v) is 18.7. The fourth-order valence-corrected chi connectivity index (χ4v) is 6.59. The molecule has 0 radical (unpaired) electrons. The van der Waals surface area contributed by atoms with E-state index in [1.807, 2.05) is 0 Å². The van der Waals surface area contributed by atoms with E-state index in [1.54, 1.807) is 12.1 Å². The van der Waals surface area contributed by atoms with Gasteiger partial charge in [-0.3, -0.25) is 20.2 Å². The molecule has 9 heteroatoms. The predicted molar refractivity (Wildman–Crippen MR) is 123 cm³/mol. The zero-order chi connectivity index (χ0) is 23.9. The highest BCUT2D eigenvalue weighted by Crippen LogP contribution is 2.55. The van der Waals surface area contributed by atoms with Crippen LogP contribution in [0.3, 0.4) is 0 Å². The first kappa shape index (κ1) is 22.5. The lowest BCUT2D eigenvalue weighted by atomic mass is 9.53. The van der Waals surface area contributed by atoms with Crippen LogP contribution in [-0.4, -0.2) is 27.9 Å². The van der Waals surface area contributed by atoms with Gasteiger partial charge < -0.3 is 10.1 Å². The number of nitrogens with one attached hydrogen (secondary N) is 1. The molecule has 0 amide bonds. The molecule has 0 heterocycles. The van der Waals surface area contributed by atoms with Gasteiger partial charge in [-0.05, 0) is 86.1 Å². The molecule has 0 saturated heterocycles. The van der Waals surface area contributed by atoms with Crippen molar-refractivity contribution in [1.29, 1.82) is 0 Å². The van der Waals surface area contributed by atoms with Crippen molar-refractivity contribution in [2.45, 2.75) is 50.2 Å². The number of ether oxygens (including phenoxy) is 1. The van der Waals surface area contributed by atoms with E-state index in [0.29, 0.717) is 12.1 Å². The number of esters is 1. The number of hydrogen-bond donors (Lipinski definition) is 1. The van der Waals surface area contributed by atoms with Gasteiger partial charge in [-0.2, -0.15) is 0 Å². The number of hydrogen-bond acceptors (Lipinski definition) is 7. The minimum absolute atomic E-state index is 0.0294. The third-order valence-corrected chi connectivity index (χ3v) is 7.74. The Labute approximate surface area is 196 Å². The second-order valence-electron chi connectivity index (χ2n) is 10.1.